The second-order valence-electron chi connectivity index (χ2n) is 4.13. The first-order valence-corrected chi connectivity index (χ1v) is 6.02. The molecule has 1 atom stereocenters. The first-order valence-electron chi connectivity index (χ1n) is 5.23. The molecule has 0 radical (unpaired) electrons. The Bertz CT molecular complexity index is 374. The van der Waals surface area contributed by atoms with Crippen LogP contribution in [0.2, 0.25) is 0 Å². The lowest BCUT2D eigenvalue weighted by atomic mass is 9.73. The van der Waals surface area contributed by atoms with Gasteiger partial charge < -0.3 is 5.73 Å². The number of hydrogen-bond donors (Lipinski definition) is 1. The molecule has 0 aromatic heterocycles. The third kappa shape index (κ3) is 2.23. The molecule has 80 valence electrons. The van der Waals surface area contributed by atoms with Gasteiger partial charge in [-0.1, -0.05) is 34.5 Å². The van der Waals surface area contributed by atoms with Gasteiger partial charge in [0, 0.05) is 4.47 Å². The highest BCUT2D eigenvalue weighted by molar-refractivity contribution is 9.10. The molecule has 1 aromatic rings. The van der Waals surface area contributed by atoms with Crippen LogP contribution < -0.4 is 5.73 Å². The predicted molar refractivity (Wildman–Crippen MR) is 63.4 cm³/mol. The van der Waals surface area contributed by atoms with Crippen LogP contribution in [-0.2, 0) is 4.79 Å². The van der Waals surface area contributed by atoms with Gasteiger partial charge in [-0.2, -0.15) is 0 Å². The van der Waals surface area contributed by atoms with Crippen LogP contribution >= 0.6 is 15.9 Å². The normalized spacial score (nSPS) is 18.2. The topological polar surface area (TPSA) is 43.1 Å². The first kappa shape index (κ1) is 10.7. The van der Waals surface area contributed by atoms with Crippen molar-refractivity contribution < 1.29 is 4.79 Å². The number of primary amides is 1. The SMILES string of the molecule is NC(=O)C(c1cccc(Br)c1)C1CCC1. The van der Waals surface area contributed by atoms with Gasteiger partial charge in [0.2, 0.25) is 5.91 Å². The highest BCUT2D eigenvalue weighted by Crippen LogP contribution is 2.39. The molecule has 0 bridgehead atoms. The number of rotatable bonds is 3. The fourth-order valence-electron chi connectivity index (χ4n) is 2.14. The van der Waals surface area contributed by atoms with Gasteiger partial charge in [0.05, 0.1) is 5.92 Å². The van der Waals surface area contributed by atoms with E-state index >= 15 is 0 Å². The molecule has 1 saturated carbocycles. The summed E-state index contributed by atoms with van der Waals surface area (Å²) in [5.74, 6) is 0.158. The Morgan fingerprint density at radius 2 is 2.20 bits per heavy atom. The largest absolute Gasteiger partial charge is 0.369 e. The van der Waals surface area contributed by atoms with E-state index in [9.17, 15) is 4.79 Å². The van der Waals surface area contributed by atoms with Gasteiger partial charge in [0.15, 0.2) is 0 Å². The van der Waals surface area contributed by atoms with E-state index in [1.165, 1.54) is 6.42 Å². The van der Waals surface area contributed by atoms with Crippen molar-refractivity contribution in [2.45, 2.75) is 25.2 Å². The number of hydrogen-bond acceptors (Lipinski definition) is 1. The zero-order chi connectivity index (χ0) is 10.8. The molecule has 1 amide bonds. The Labute approximate surface area is 98.0 Å². The number of carbonyl (C=O) groups is 1. The zero-order valence-corrected chi connectivity index (χ0v) is 10.0. The van der Waals surface area contributed by atoms with E-state index in [1.54, 1.807) is 0 Å². The van der Waals surface area contributed by atoms with Crippen LogP contribution in [0.4, 0.5) is 0 Å². The Kier molecular flexibility index (Phi) is 3.10. The van der Waals surface area contributed by atoms with Crippen molar-refractivity contribution in [2.75, 3.05) is 0 Å². The van der Waals surface area contributed by atoms with Crippen molar-refractivity contribution in [3.63, 3.8) is 0 Å². The summed E-state index contributed by atoms with van der Waals surface area (Å²) >= 11 is 3.42. The van der Waals surface area contributed by atoms with Gasteiger partial charge in [-0.25, -0.2) is 0 Å². The molecule has 1 aliphatic rings. The van der Waals surface area contributed by atoms with E-state index in [1.807, 2.05) is 24.3 Å². The van der Waals surface area contributed by atoms with E-state index < -0.39 is 0 Å². The lowest BCUT2D eigenvalue weighted by molar-refractivity contribution is -0.121. The number of nitrogens with two attached hydrogens (primary N) is 1. The van der Waals surface area contributed by atoms with E-state index in [-0.39, 0.29) is 11.8 Å². The summed E-state index contributed by atoms with van der Waals surface area (Å²) in [7, 11) is 0. The van der Waals surface area contributed by atoms with E-state index in [0.29, 0.717) is 5.92 Å². The molecule has 1 fully saturated rings. The lowest BCUT2D eigenvalue weighted by Crippen LogP contribution is -2.31. The van der Waals surface area contributed by atoms with Gasteiger partial charge in [0.25, 0.3) is 0 Å². The summed E-state index contributed by atoms with van der Waals surface area (Å²) in [6.07, 6.45) is 3.47. The molecule has 1 unspecified atom stereocenters. The molecule has 0 spiro atoms. The molecule has 2 N–H and O–H groups in total. The molecule has 2 nitrogen and oxygen atoms in total. The molecular formula is C12H14BrNO. The second kappa shape index (κ2) is 4.35. The number of carbonyl (C=O) groups excluding carboxylic acids is 1. The van der Waals surface area contributed by atoms with E-state index in [4.69, 9.17) is 5.73 Å². The van der Waals surface area contributed by atoms with Gasteiger partial charge >= 0.3 is 0 Å². The summed E-state index contributed by atoms with van der Waals surface area (Å²) in [6.45, 7) is 0. The van der Waals surface area contributed by atoms with Crippen molar-refractivity contribution in [3.05, 3.63) is 34.3 Å². The highest BCUT2D eigenvalue weighted by Gasteiger charge is 2.32. The van der Waals surface area contributed by atoms with Crippen LogP contribution in [0.1, 0.15) is 30.7 Å². The van der Waals surface area contributed by atoms with E-state index in [2.05, 4.69) is 15.9 Å². The Morgan fingerprint density at radius 3 is 2.67 bits per heavy atom. The molecule has 15 heavy (non-hydrogen) atoms. The third-order valence-electron chi connectivity index (χ3n) is 3.14. The molecule has 3 heteroatoms. The summed E-state index contributed by atoms with van der Waals surface area (Å²) in [6, 6.07) is 7.89. The molecule has 2 rings (SSSR count). The van der Waals surface area contributed by atoms with Crippen LogP contribution in [0.5, 0.6) is 0 Å². The maximum atomic E-state index is 11.5. The van der Waals surface area contributed by atoms with Crippen LogP contribution in [-0.4, -0.2) is 5.91 Å². The van der Waals surface area contributed by atoms with Crippen molar-refractivity contribution in [3.8, 4) is 0 Å². The fourth-order valence-corrected chi connectivity index (χ4v) is 2.56. The smallest absolute Gasteiger partial charge is 0.225 e. The minimum absolute atomic E-state index is 0.101. The maximum Gasteiger partial charge on any atom is 0.225 e. The average Bonchev–Trinajstić information content (AvgIpc) is 2.10. The van der Waals surface area contributed by atoms with E-state index in [0.717, 1.165) is 22.9 Å². The van der Waals surface area contributed by atoms with Crippen LogP contribution in [0, 0.1) is 5.92 Å². The lowest BCUT2D eigenvalue weighted by Gasteiger charge is -2.32. The summed E-state index contributed by atoms with van der Waals surface area (Å²) in [5.41, 5.74) is 6.52. The molecule has 1 aromatic carbocycles. The quantitative estimate of drug-likeness (QED) is 0.899. The highest BCUT2D eigenvalue weighted by atomic mass is 79.9. The van der Waals surface area contributed by atoms with Gasteiger partial charge in [-0.15, -0.1) is 0 Å². The number of amides is 1. The van der Waals surface area contributed by atoms with Gasteiger partial charge in [-0.05, 0) is 36.5 Å². The van der Waals surface area contributed by atoms with Gasteiger partial charge in [-0.3, -0.25) is 4.79 Å². The molecule has 0 saturated heterocycles. The van der Waals surface area contributed by atoms with Crippen LogP contribution in [0.3, 0.4) is 0 Å². The average molecular weight is 268 g/mol. The van der Waals surface area contributed by atoms with Crippen molar-refractivity contribution in [2.24, 2.45) is 11.7 Å². The molecular weight excluding hydrogens is 254 g/mol. The third-order valence-corrected chi connectivity index (χ3v) is 3.63. The Morgan fingerprint density at radius 1 is 1.47 bits per heavy atom. The molecule has 0 aliphatic heterocycles. The van der Waals surface area contributed by atoms with Gasteiger partial charge in [0.1, 0.15) is 0 Å². The Hall–Kier alpha value is -0.830. The predicted octanol–water partition coefficient (Wildman–Crippen LogP) is 2.82. The fraction of sp³-hybridized carbons (Fsp3) is 0.417. The van der Waals surface area contributed by atoms with Crippen molar-refractivity contribution >= 4 is 21.8 Å². The maximum absolute atomic E-state index is 11.5. The summed E-state index contributed by atoms with van der Waals surface area (Å²) in [4.78, 5) is 11.5. The monoisotopic (exact) mass is 267 g/mol. The second-order valence-corrected chi connectivity index (χ2v) is 5.04. The minimum Gasteiger partial charge on any atom is -0.369 e. The van der Waals surface area contributed by atoms with Crippen LogP contribution in [0.15, 0.2) is 28.7 Å². The standard InChI is InChI=1S/C12H14BrNO/c13-10-6-2-5-9(7-10)11(12(14)15)8-3-1-4-8/h2,5-8,11H,1,3-4H2,(H2,14,15). The number of benzene rings is 1. The first-order chi connectivity index (χ1) is 7.18. The van der Waals surface area contributed by atoms with Crippen molar-refractivity contribution in [1.29, 1.82) is 0 Å². The summed E-state index contributed by atoms with van der Waals surface area (Å²) < 4.78 is 1.01. The number of halogens is 1. The van der Waals surface area contributed by atoms with Crippen LogP contribution in [0.25, 0.3) is 0 Å². The van der Waals surface area contributed by atoms with Crippen molar-refractivity contribution in [1.82, 2.24) is 0 Å². The molecule has 1 aliphatic carbocycles. The zero-order valence-electron chi connectivity index (χ0n) is 8.45. The Balaban J connectivity index is 2.27. The summed E-state index contributed by atoms with van der Waals surface area (Å²) in [5, 5.41) is 0. The minimum atomic E-state index is -0.196. The molecule has 0 heterocycles.